The average Bonchev–Trinajstić information content (AvgIpc) is 2.59. The van der Waals surface area contributed by atoms with Gasteiger partial charge in [0.15, 0.2) is 0 Å². The molecule has 0 saturated heterocycles. The van der Waals surface area contributed by atoms with Crippen molar-refractivity contribution in [1.29, 1.82) is 0 Å². The number of sulfonamides is 1. The molecule has 0 atom stereocenters. The van der Waals surface area contributed by atoms with E-state index in [-0.39, 0.29) is 18.0 Å². The van der Waals surface area contributed by atoms with Crippen LogP contribution in [-0.4, -0.2) is 38.8 Å². The van der Waals surface area contributed by atoms with Gasteiger partial charge >= 0.3 is 0 Å². The number of hydrogen-bond acceptors (Lipinski definition) is 4. The van der Waals surface area contributed by atoms with E-state index in [1.165, 1.54) is 4.31 Å². The topological polar surface area (TPSA) is 75.7 Å². The lowest BCUT2D eigenvalue weighted by Crippen LogP contribution is -2.38. The fraction of sp³-hybridized carbons (Fsp3) is 0.350. The number of aryl methyl sites for hydroxylation is 3. The Morgan fingerprint density at radius 3 is 2.11 bits per heavy atom. The van der Waals surface area contributed by atoms with Crippen molar-refractivity contribution in [2.75, 3.05) is 25.5 Å². The van der Waals surface area contributed by atoms with Crippen LogP contribution in [0.3, 0.4) is 0 Å². The number of methoxy groups -OCH3 is 1. The molecule has 27 heavy (non-hydrogen) atoms. The van der Waals surface area contributed by atoms with Crippen LogP contribution in [0.1, 0.15) is 23.6 Å². The summed E-state index contributed by atoms with van der Waals surface area (Å²) in [6.07, 6.45) is 0. The van der Waals surface area contributed by atoms with Gasteiger partial charge in [0.25, 0.3) is 0 Å². The van der Waals surface area contributed by atoms with Gasteiger partial charge in [0.2, 0.25) is 15.9 Å². The maximum atomic E-state index is 13.1. The first-order valence-corrected chi connectivity index (χ1v) is 10.1. The molecule has 0 aliphatic rings. The Kier molecular flexibility index (Phi) is 6.62. The highest BCUT2D eigenvalue weighted by Gasteiger charge is 2.28. The molecule has 7 heteroatoms. The average molecular weight is 391 g/mol. The van der Waals surface area contributed by atoms with Crippen LogP contribution in [0.5, 0.6) is 5.75 Å². The molecule has 0 bridgehead atoms. The van der Waals surface area contributed by atoms with Gasteiger partial charge in [0.1, 0.15) is 5.75 Å². The van der Waals surface area contributed by atoms with Gasteiger partial charge in [0, 0.05) is 12.2 Å². The molecular formula is C20H26N2O4S. The van der Waals surface area contributed by atoms with E-state index < -0.39 is 15.9 Å². The number of ether oxygens (including phenoxy) is 1. The van der Waals surface area contributed by atoms with Crippen molar-refractivity contribution in [1.82, 2.24) is 4.31 Å². The summed E-state index contributed by atoms with van der Waals surface area (Å²) in [5.41, 5.74) is 2.95. The molecule has 0 spiro atoms. The van der Waals surface area contributed by atoms with Gasteiger partial charge in [-0.2, -0.15) is 4.31 Å². The normalized spacial score (nSPS) is 11.5. The minimum absolute atomic E-state index is 0.200. The Labute approximate surface area is 161 Å². The summed E-state index contributed by atoms with van der Waals surface area (Å²) < 4.78 is 32.5. The van der Waals surface area contributed by atoms with Crippen molar-refractivity contribution >= 4 is 21.6 Å². The van der Waals surface area contributed by atoms with Gasteiger partial charge in [0.05, 0.1) is 18.6 Å². The van der Waals surface area contributed by atoms with Gasteiger partial charge in [-0.25, -0.2) is 8.42 Å². The van der Waals surface area contributed by atoms with Crippen LogP contribution in [0.2, 0.25) is 0 Å². The molecule has 0 aromatic heterocycles. The predicted molar refractivity (Wildman–Crippen MR) is 107 cm³/mol. The SMILES string of the molecule is CCN(CC(=O)Nc1ccc(OC)cc1)S(=O)(=O)c1c(C)cc(C)cc1C. The van der Waals surface area contributed by atoms with Gasteiger partial charge in [-0.05, 0) is 56.2 Å². The summed E-state index contributed by atoms with van der Waals surface area (Å²) in [6, 6.07) is 10.5. The predicted octanol–water partition coefficient (Wildman–Crippen LogP) is 3.27. The van der Waals surface area contributed by atoms with Crippen molar-refractivity contribution < 1.29 is 17.9 Å². The summed E-state index contributed by atoms with van der Waals surface area (Å²) in [5, 5.41) is 2.72. The van der Waals surface area contributed by atoms with Crippen molar-refractivity contribution in [3.63, 3.8) is 0 Å². The standard InChI is InChI=1S/C20H26N2O4S/c1-6-22(13-19(23)21-17-7-9-18(26-5)10-8-17)27(24,25)20-15(3)11-14(2)12-16(20)4/h7-12H,6,13H2,1-5H3,(H,21,23). The van der Waals surface area contributed by atoms with Gasteiger partial charge in [-0.3, -0.25) is 4.79 Å². The molecule has 2 aromatic carbocycles. The highest BCUT2D eigenvalue weighted by atomic mass is 32.2. The zero-order valence-electron chi connectivity index (χ0n) is 16.4. The Morgan fingerprint density at radius 1 is 1.07 bits per heavy atom. The number of carbonyl (C=O) groups is 1. The van der Waals surface area contributed by atoms with Crippen LogP contribution < -0.4 is 10.1 Å². The second-order valence-electron chi connectivity index (χ2n) is 6.44. The molecule has 0 heterocycles. The van der Waals surface area contributed by atoms with E-state index in [4.69, 9.17) is 4.74 Å². The van der Waals surface area contributed by atoms with Gasteiger partial charge in [-0.1, -0.05) is 24.6 Å². The first kappa shape index (κ1) is 20.9. The summed E-state index contributed by atoms with van der Waals surface area (Å²) in [7, 11) is -2.21. The van der Waals surface area contributed by atoms with Crippen molar-refractivity contribution in [3.05, 3.63) is 53.1 Å². The molecule has 2 aromatic rings. The minimum atomic E-state index is -3.77. The smallest absolute Gasteiger partial charge is 0.244 e. The van der Waals surface area contributed by atoms with E-state index in [0.717, 1.165) is 5.56 Å². The molecular weight excluding hydrogens is 364 g/mol. The van der Waals surface area contributed by atoms with E-state index in [2.05, 4.69) is 5.32 Å². The fourth-order valence-electron chi connectivity index (χ4n) is 3.10. The molecule has 0 radical (unpaired) electrons. The molecule has 2 rings (SSSR count). The number of nitrogens with one attached hydrogen (secondary N) is 1. The summed E-state index contributed by atoms with van der Waals surface area (Å²) in [5.74, 6) is 0.282. The molecule has 6 nitrogen and oxygen atoms in total. The van der Waals surface area contributed by atoms with Crippen molar-refractivity contribution in [2.45, 2.75) is 32.6 Å². The quantitative estimate of drug-likeness (QED) is 0.787. The molecule has 0 saturated carbocycles. The number of benzene rings is 2. The monoisotopic (exact) mass is 390 g/mol. The van der Waals surface area contributed by atoms with E-state index in [9.17, 15) is 13.2 Å². The number of carbonyl (C=O) groups excluding carboxylic acids is 1. The highest BCUT2D eigenvalue weighted by Crippen LogP contribution is 2.25. The minimum Gasteiger partial charge on any atom is -0.497 e. The third kappa shape index (κ3) is 4.87. The second-order valence-corrected chi connectivity index (χ2v) is 8.31. The van der Waals surface area contributed by atoms with Crippen LogP contribution >= 0.6 is 0 Å². The van der Waals surface area contributed by atoms with Crippen molar-refractivity contribution in [3.8, 4) is 5.75 Å². The van der Waals surface area contributed by atoms with Crippen LogP contribution in [0.25, 0.3) is 0 Å². The molecule has 1 N–H and O–H groups in total. The van der Waals surface area contributed by atoms with E-state index in [1.54, 1.807) is 52.1 Å². The summed E-state index contributed by atoms with van der Waals surface area (Å²) in [6.45, 7) is 7.15. The fourth-order valence-corrected chi connectivity index (χ4v) is 4.92. The maximum absolute atomic E-state index is 13.1. The lowest BCUT2D eigenvalue weighted by molar-refractivity contribution is -0.116. The molecule has 0 fully saturated rings. The largest absolute Gasteiger partial charge is 0.497 e. The zero-order chi connectivity index (χ0) is 20.2. The van der Waals surface area contributed by atoms with Crippen molar-refractivity contribution in [2.24, 2.45) is 0 Å². The molecule has 0 aliphatic carbocycles. The maximum Gasteiger partial charge on any atom is 0.244 e. The van der Waals surface area contributed by atoms with Crippen LogP contribution in [0.4, 0.5) is 5.69 Å². The second kappa shape index (κ2) is 8.54. The summed E-state index contributed by atoms with van der Waals surface area (Å²) >= 11 is 0. The summed E-state index contributed by atoms with van der Waals surface area (Å²) in [4.78, 5) is 12.7. The van der Waals surface area contributed by atoms with Gasteiger partial charge in [-0.15, -0.1) is 0 Å². The van der Waals surface area contributed by atoms with E-state index >= 15 is 0 Å². The van der Waals surface area contributed by atoms with Gasteiger partial charge < -0.3 is 10.1 Å². The number of amides is 1. The number of hydrogen-bond donors (Lipinski definition) is 1. The van der Waals surface area contributed by atoms with E-state index in [0.29, 0.717) is 22.6 Å². The molecule has 146 valence electrons. The van der Waals surface area contributed by atoms with E-state index in [1.807, 2.05) is 19.1 Å². The Morgan fingerprint density at radius 2 is 1.63 bits per heavy atom. The first-order chi connectivity index (χ1) is 12.7. The lowest BCUT2D eigenvalue weighted by atomic mass is 10.1. The number of nitrogens with zero attached hydrogens (tertiary/aromatic N) is 1. The van der Waals surface area contributed by atoms with Crippen LogP contribution in [0.15, 0.2) is 41.3 Å². The molecule has 0 unspecified atom stereocenters. The third-order valence-corrected chi connectivity index (χ3v) is 6.48. The Bertz CT molecular complexity index is 898. The third-order valence-electron chi connectivity index (χ3n) is 4.25. The number of anilines is 1. The Balaban J connectivity index is 2.21. The number of rotatable bonds is 7. The highest BCUT2D eigenvalue weighted by molar-refractivity contribution is 7.89. The van der Waals surface area contributed by atoms with Crippen LogP contribution in [-0.2, 0) is 14.8 Å². The van der Waals surface area contributed by atoms with Crippen LogP contribution in [0, 0.1) is 20.8 Å². The number of likely N-dealkylation sites (N-methyl/N-ethyl adjacent to an activating group) is 1. The Hall–Kier alpha value is -2.38. The first-order valence-electron chi connectivity index (χ1n) is 8.71. The zero-order valence-corrected chi connectivity index (χ0v) is 17.2. The molecule has 0 aliphatic heterocycles. The molecule has 1 amide bonds. The lowest BCUT2D eigenvalue weighted by Gasteiger charge is -2.22.